The molecule has 4 nitrogen and oxygen atoms in total. The van der Waals surface area contributed by atoms with Crippen molar-refractivity contribution in [1.29, 1.82) is 0 Å². The van der Waals surface area contributed by atoms with Crippen LogP contribution >= 0.6 is 11.6 Å². The summed E-state index contributed by atoms with van der Waals surface area (Å²) in [4.78, 5) is 6.41. The summed E-state index contributed by atoms with van der Waals surface area (Å²) in [7, 11) is 4.01. The SMILES string of the molecule is CN(C)c1cccc(-n2c(N)nc3c(Cl)cccc32)c1. The largest absolute Gasteiger partial charge is 0.378 e. The number of imidazole rings is 1. The molecule has 0 amide bonds. The van der Waals surface area contributed by atoms with Gasteiger partial charge in [0.2, 0.25) is 5.95 Å². The van der Waals surface area contributed by atoms with E-state index in [-0.39, 0.29) is 0 Å². The summed E-state index contributed by atoms with van der Waals surface area (Å²) in [5, 5.41) is 0.608. The summed E-state index contributed by atoms with van der Waals surface area (Å²) < 4.78 is 1.91. The molecule has 0 radical (unpaired) electrons. The maximum Gasteiger partial charge on any atom is 0.205 e. The molecule has 1 heterocycles. The first kappa shape index (κ1) is 12.8. The second kappa shape index (κ2) is 4.72. The second-order valence-electron chi connectivity index (χ2n) is 4.83. The smallest absolute Gasteiger partial charge is 0.205 e. The van der Waals surface area contributed by atoms with Gasteiger partial charge >= 0.3 is 0 Å². The number of anilines is 2. The first-order chi connectivity index (χ1) is 9.58. The van der Waals surface area contributed by atoms with E-state index in [2.05, 4.69) is 11.1 Å². The minimum absolute atomic E-state index is 0.434. The minimum atomic E-state index is 0.434. The van der Waals surface area contributed by atoms with Crippen LogP contribution in [0.5, 0.6) is 0 Å². The van der Waals surface area contributed by atoms with Gasteiger partial charge in [0.15, 0.2) is 0 Å². The van der Waals surface area contributed by atoms with Gasteiger partial charge in [0, 0.05) is 19.8 Å². The van der Waals surface area contributed by atoms with Gasteiger partial charge in [-0.3, -0.25) is 4.57 Å². The van der Waals surface area contributed by atoms with E-state index in [4.69, 9.17) is 17.3 Å². The molecular formula is C15H15ClN4. The highest BCUT2D eigenvalue weighted by atomic mass is 35.5. The summed E-state index contributed by atoms with van der Waals surface area (Å²) in [6, 6.07) is 13.8. The van der Waals surface area contributed by atoms with Crippen LogP contribution in [0.25, 0.3) is 16.7 Å². The molecule has 0 saturated carbocycles. The van der Waals surface area contributed by atoms with E-state index >= 15 is 0 Å². The quantitative estimate of drug-likeness (QED) is 0.786. The molecule has 0 saturated heterocycles. The Kier molecular flexibility index (Phi) is 3.03. The normalized spacial score (nSPS) is 10.9. The Morgan fingerprint density at radius 1 is 1.15 bits per heavy atom. The van der Waals surface area contributed by atoms with Crippen LogP contribution in [0.1, 0.15) is 0 Å². The fourth-order valence-electron chi connectivity index (χ4n) is 2.26. The first-order valence-electron chi connectivity index (χ1n) is 6.28. The zero-order chi connectivity index (χ0) is 14.3. The Bertz CT molecular complexity index is 777. The number of hydrogen-bond acceptors (Lipinski definition) is 3. The third-order valence-electron chi connectivity index (χ3n) is 3.27. The van der Waals surface area contributed by atoms with Crippen LogP contribution in [0.4, 0.5) is 11.6 Å². The Hall–Kier alpha value is -2.20. The van der Waals surface area contributed by atoms with E-state index < -0.39 is 0 Å². The van der Waals surface area contributed by atoms with Crippen LogP contribution in [-0.4, -0.2) is 23.6 Å². The summed E-state index contributed by atoms with van der Waals surface area (Å²) in [6.45, 7) is 0. The lowest BCUT2D eigenvalue weighted by molar-refractivity contribution is 1.09. The molecule has 1 aromatic heterocycles. The molecule has 0 atom stereocenters. The molecule has 2 N–H and O–H groups in total. The van der Waals surface area contributed by atoms with Crippen LogP contribution in [-0.2, 0) is 0 Å². The lowest BCUT2D eigenvalue weighted by atomic mass is 10.2. The lowest BCUT2D eigenvalue weighted by Gasteiger charge is -2.14. The topological polar surface area (TPSA) is 47.1 Å². The Labute approximate surface area is 122 Å². The zero-order valence-corrected chi connectivity index (χ0v) is 12.1. The molecule has 0 aliphatic rings. The number of nitrogens with zero attached hydrogens (tertiary/aromatic N) is 3. The van der Waals surface area contributed by atoms with E-state index in [0.29, 0.717) is 11.0 Å². The van der Waals surface area contributed by atoms with Gasteiger partial charge in [-0.1, -0.05) is 23.7 Å². The van der Waals surface area contributed by atoms with Gasteiger partial charge in [0.1, 0.15) is 5.52 Å². The van der Waals surface area contributed by atoms with Gasteiger partial charge in [0.25, 0.3) is 0 Å². The number of aromatic nitrogens is 2. The van der Waals surface area contributed by atoms with Crippen LogP contribution in [0.2, 0.25) is 5.02 Å². The molecule has 3 rings (SSSR count). The molecule has 102 valence electrons. The van der Waals surface area contributed by atoms with E-state index in [0.717, 1.165) is 22.4 Å². The van der Waals surface area contributed by atoms with Crippen LogP contribution in [0.3, 0.4) is 0 Å². The summed E-state index contributed by atoms with van der Waals surface area (Å²) >= 11 is 6.17. The number of para-hydroxylation sites is 1. The molecule has 0 aliphatic heterocycles. The Morgan fingerprint density at radius 3 is 2.65 bits per heavy atom. The van der Waals surface area contributed by atoms with Crippen molar-refractivity contribution >= 4 is 34.3 Å². The molecular weight excluding hydrogens is 272 g/mol. The fourth-order valence-corrected chi connectivity index (χ4v) is 2.48. The van der Waals surface area contributed by atoms with Crippen molar-refractivity contribution in [1.82, 2.24) is 9.55 Å². The molecule has 20 heavy (non-hydrogen) atoms. The molecule has 0 fully saturated rings. The van der Waals surface area contributed by atoms with Crippen LogP contribution in [0, 0.1) is 0 Å². The average Bonchev–Trinajstić information content (AvgIpc) is 2.77. The first-order valence-corrected chi connectivity index (χ1v) is 6.66. The van der Waals surface area contributed by atoms with Crippen molar-refractivity contribution in [3.05, 3.63) is 47.5 Å². The second-order valence-corrected chi connectivity index (χ2v) is 5.23. The van der Waals surface area contributed by atoms with Crippen LogP contribution < -0.4 is 10.6 Å². The molecule has 0 bridgehead atoms. The monoisotopic (exact) mass is 286 g/mol. The van der Waals surface area contributed by atoms with Gasteiger partial charge in [-0.25, -0.2) is 4.98 Å². The van der Waals surface area contributed by atoms with E-state index in [1.54, 1.807) is 0 Å². The van der Waals surface area contributed by atoms with Crippen molar-refractivity contribution in [3.8, 4) is 5.69 Å². The number of nitrogen functional groups attached to an aromatic ring is 1. The lowest BCUT2D eigenvalue weighted by Crippen LogP contribution is -2.09. The molecule has 0 spiro atoms. The van der Waals surface area contributed by atoms with Crippen LogP contribution in [0.15, 0.2) is 42.5 Å². The summed E-state index contributed by atoms with van der Waals surface area (Å²) in [5.41, 5.74) is 9.77. The average molecular weight is 287 g/mol. The maximum absolute atomic E-state index is 6.17. The Morgan fingerprint density at radius 2 is 1.90 bits per heavy atom. The highest BCUT2D eigenvalue weighted by Gasteiger charge is 2.12. The number of halogens is 1. The Balaban J connectivity index is 2.27. The standard InChI is InChI=1S/C15H15ClN4/c1-19(2)10-5-3-6-11(9-10)20-13-8-4-7-12(16)14(13)18-15(20)17/h3-9H,1-2H3,(H2,17,18). The van der Waals surface area contributed by atoms with Gasteiger partial charge in [-0.15, -0.1) is 0 Å². The summed E-state index contributed by atoms with van der Waals surface area (Å²) in [5.74, 6) is 0.434. The van der Waals surface area contributed by atoms with Gasteiger partial charge < -0.3 is 10.6 Å². The highest BCUT2D eigenvalue weighted by Crippen LogP contribution is 2.29. The van der Waals surface area contributed by atoms with Crippen molar-refractivity contribution in [3.63, 3.8) is 0 Å². The maximum atomic E-state index is 6.17. The van der Waals surface area contributed by atoms with Gasteiger partial charge in [-0.2, -0.15) is 0 Å². The van der Waals surface area contributed by atoms with E-state index in [1.165, 1.54) is 0 Å². The minimum Gasteiger partial charge on any atom is -0.378 e. The van der Waals surface area contributed by atoms with E-state index in [9.17, 15) is 0 Å². The number of benzene rings is 2. The predicted molar refractivity (Wildman–Crippen MR) is 84.8 cm³/mol. The van der Waals surface area contributed by atoms with Gasteiger partial charge in [0.05, 0.1) is 16.2 Å². The number of fused-ring (bicyclic) bond motifs is 1. The fraction of sp³-hybridized carbons (Fsp3) is 0.133. The van der Waals surface area contributed by atoms with Crippen molar-refractivity contribution in [2.45, 2.75) is 0 Å². The van der Waals surface area contributed by atoms with Crippen molar-refractivity contribution in [2.24, 2.45) is 0 Å². The number of hydrogen-bond donors (Lipinski definition) is 1. The molecule has 3 aromatic rings. The summed E-state index contributed by atoms with van der Waals surface area (Å²) in [6.07, 6.45) is 0. The molecule has 5 heteroatoms. The van der Waals surface area contributed by atoms with E-state index in [1.807, 2.05) is 60.0 Å². The molecule has 0 aliphatic carbocycles. The zero-order valence-electron chi connectivity index (χ0n) is 11.3. The number of nitrogens with two attached hydrogens (primary N) is 1. The molecule has 0 unspecified atom stereocenters. The predicted octanol–water partition coefficient (Wildman–Crippen LogP) is 3.33. The van der Waals surface area contributed by atoms with Crippen molar-refractivity contribution < 1.29 is 0 Å². The third kappa shape index (κ3) is 1.98. The van der Waals surface area contributed by atoms with Crippen molar-refractivity contribution in [2.75, 3.05) is 24.7 Å². The van der Waals surface area contributed by atoms with Gasteiger partial charge in [-0.05, 0) is 30.3 Å². The molecule has 2 aromatic carbocycles. The third-order valence-corrected chi connectivity index (χ3v) is 3.57. The highest BCUT2D eigenvalue weighted by molar-refractivity contribution is 6.35. The number of rotatable bonds is 2.